The molecule has 2 rings (SSSR count). The maximum absolute atomic E-state index is 10.6. The van der Waals surface area contributed by atoms with Gasteiger partial charge in [0.25, 0.3) is 0 Å². The van der Waals surface area contributed by atoms with Crippen LogP contribution in [-0.2, 0) is 4.79 Å². The SMILES string of the molecule is COc1cccc2c1OC(C(=O)O)O2. The van der Waals surface area contributed by atoms with E-state index in [-0.39, 0.29) is 0 Å². The quantitative estimate of drug-likeness (QED) is 0.760. The lowest BCUT2D eigenvalue weighted by Gasteiger charge is -2.04. The highest BCUT2D eigenvalue weighted by Crippen LogP contribution is 2.42. The lowest BCUT2D eigenvalue weighted by molar-refractivity contribution is -0.154. The predicted octanol–water partition coefficient (Wildman–Crippen LogP) is 0.877. The predicted molar refractivity (Wildman–Crippen MR) is 45.7 cm³/mol. The zero-order chi connectivity index (χ0) is 10.1. The third kappa shape index (κ3) is 1.22. The molecule has 0 radical (unpaired) electrons. The second kappa shape index (κ2) is 3.10. The van der Waals surface area contributed by atoms with Crippen molar-refractivity contribution >= 4 is 5.97 Å². The van der Waals surface area contributed by atoms with Crippen molar-refractivity contribution in [3.05, 3.63) is 18.2 Å². The van der Waals surface area contributed by atoms with E-state index in [4.69, 9.17) is 19.3 Å². The molecule has 0 amide bonds. The summed E-state index contributed by atoms with van der Waals surface area (Å²) < 4.78 is 15.0. The molecule has 1 aliphatic rings. The molecule has 1 aromatic rings. The molecule has 0 saturated carbocycles. The summed E-state index contributed by atoms with van der Waals surface area (Å²) in [4.78, 5) is 10.6. The minimum Gasteiger partial charge on any atom is -0.493 e. The molecule has 0 spiro atoms. The smallest absolute Gasteiger partial charge is 0.387 e. The van der Waals surface area contributed by atoms with Crippen LogP contribution in [0.3, 0.4) is 0 Å². The van der Waals surface area contributed by atoms with Crippen molar-refractivity contribution in [3.8, 4) is 17.2 Å². The number of ether oxygens (including phenoxy) is 3. The minimum atomic E-state index is -1.28. The molecule has 1 heterocycles. The van der Waals surface area contributed by atoms with Crippen molar-refractivity contribution < 1.29 is 24.1 Å². The van der Waals surface area contributed by atoms with E-state index in [9.17, 15) is 4.79 Å². The fourth-order valence-electron chi connectivity index (χ4n) is 1.21. The largest absolute Gasteiger partial charge is 0.493 e. The molecule has 0 aromatic heterocycles. The van der Waals surface area contributed by atoms with Crippen LogP contribution in [0.2, 0.25) is 0 Å². The summed E-state index contributed by atoms with van der Waals surface area (Å²) in [7, 11) is 1.48. The molecule has 74 valence electrons. The van der Waals surface area contributed by atoms with Crippen LogP contribution in [0.5, 0.6) is 17.2 Å². The first-order valence-electron chi connectivity index (χ1n) is 3.95. The minimum absolute atomic E-state index is 0.336. The van der Waals surface area contributed by atoms with E-state index in [1.54, 1.807) is 18.2 Å². The van der Waals surface area contributed by atoms with Gasteiger partial charge in [-0.05, 0) is 12.1 Å². The summed E-state index contributed by atoms with van der Waals surface area (Å²) in [5.41, 5.74) is 0. The monoisotopic (exact) mass is 196 g/mol. The molecule has 1 atom stereocenters. The Hall–Kier alpha value is -1.91. The van der Waals surface area contributed by atoms with Gasteiger partial charge in [-0.1, -0.05) is 6.07 Å². The molecule has 5 heteroatoms. The number of hydrogen-bond donors (Lipinski definition) is 1. The number of benzene rings is 1. The normalized spacial score (nSPS) is 17.9. The number of carboxylic acid groups (broad SMARTS) is 1. The van der Waals surface area contributed by atoms with Gasteiger partial charge in [0, 0.05) is 0 Å². The molecule has 14 heavy (non-hydrogen) atoms. The number of carboxylic acids is 1. The highest BCUT2D eigenvalue weighted by Gasteiger charge is 2.32. The molecule has 0 aliphatic carbocycles. The molecular weight excluding hydrogens is 188 g/mol. The van der Waals surface area contributed by atoms with Gasteiger partial charge in [0.15, 0.2) is 11.5 Å². The number of fused-ring (bicyclic) bond motifs is 1. The molecular formula is C9H8O5. The van der Waals surface area contributed by atoms with E-state index in [0.717, 1.165) is 0 Å². The van der Waals surface area contributed by atoms with Crippen molar-refractivity contribution in [3.63, 3.8) is 0 Å². The Morgan fingerprint density at radius 3 is 2.93 bits per heavy atom. The van der Waals surface area contributed by atoms with Gasteiger partial charge < -0.3 is 19.3 Å². The summed E-state index contributed by atoms with van der Waals surface area (Å²) in [6.45, 7) is 0. The van der Waals surface area contributed by atoms with Crippen LogP contribution in [-0.4, -0.2) is 24.5 Å². The number of methoxy groups -OCH3 is 1. The van der Waals surface area contributed by atoms with Crippen LogP contribution >= 0.6 is 0 Å². The van der Waals surface area contributed by atoms with E-state index in [2.05, 4.69) is 0 Å². The average molecular weight is 196 g/mol. The van der Waals surface area contributed by atoms with Crippen molar-refractivity contribution in [2.45, 2.75) is 6.29 Å². The van der Waals surface area contributed by atoms with E-state index >= 15 is 0 Å². The maximum Gasteiger partial charge on any atom is 0.387 e. The van der Waals surface area contributed by atoms with Crippen LogP contribution in [0.1, 0.15) is 0 Å². The number of carbonyl (C=O) groups is 1. The Morgan fingerprint density at radius 1 is 1.50 bits per heavy atom. The standard InChI is InChI=1S/C9H8O5/c1-12-5-3-2-4-6-7(5)14-9(13-6)8(10)11/h2-4,9H,1H3,(H,10,11). The summed E-state index contributed by atoms with van der Waals surface area (Å²) >= 11 is 0. The van der Waals surface area contributed by atoms with Crippen molar-refractivity contribution in [2.24, 2.45) is 0 Å². The Kier molecular flexibility index (Phi) is 1.92. The Morgan fingerprint density at radius 2 is 2.29 bits per heavy atom. The van der Waals surface area contributed by atoms with Gasteiger partial charge in [-0.25, -0.2) is 4.79 Å². The fraction of sp³-hybridized carbons (Fsp3) is 0.222. The number of rotatable bonds is 2. The van der Waals surface area contributed by atoms with E-state index in [1.165, 1.54) is 7.11 Å². The zero-order valence-electron chi connectivity index (χ0n) is 7.39. The summed E-state index contributed by atoms with van der Waals surface area (Å²) in [5.74, 6) is 0.0219. The fourth-order valence-corrected chi connectivity index (χ4v) is 1.21. The average Bonchev–Trinajstić information content (AvgIpc) is 2.60. The molecule has 5 nitrogen and oxygen atoms in total. The first kappa shape index (κ1) is 8.68. The number of hydrogen-bond acceptors (Lipinski definition) is 4. The maximum atomic E-state index is 10.6. The first-order chi connectivity index (χ1) is 6.72. The molecule has 1 aliphatic heterocycles. The van der Waals surface area contributed by atoms with Crippen LogP contribution < -0.4 is 14.2 Å². The van der Waals surface area contributed by atoms with Crippen LogP contribution in [0, 0.1) is 0 Å². The van der Waals surface area contributed by atoms with Crippen LogP contribution in [0.25, 0.3) is 0 Å². The second-order valence-electron chi connectivity index (χ2n) is 2.69. The van der Waals surface area contributed by atoms with Crippen LogP contribution in [0.4, 0.5) is 0 Å². The third-order valence-corrected chi connectivity index (χ3v) is 1.82. The van der Waals surface area contributed by atoms with Gasteiger partial charge >= 0.3 is 12.3 Å². The van der Waals surface area contributed by atoms with Crippen molar-refractivity contribution in [2.75, 3.05) is 7.11 Å². The lowest BCUT2D eigenvalue weighted by atomic mass is 10.3. The lowest BCUT2D eigenvalue weighted by Crippen LogP contribution is -2.28. The number of aliphatic carboxylic acids is 1. The molecule has 0 bridgehead atoms. The second-order valence-corrected chi connectivity index (χ2v) is 2.69. The number of para-hydroxylation sites is 1. The molecule has 0 fully saturated rings. The zero-order valence-corrected chi connectivity index (χ0v) is 7.39. The Balaban J connectivity index is 2.34. The van der Waals surface area contributed by atoms with Gasteiger partial charge in [0.1, 0.15) is 0 Å². The van der Waals surface area contributed by atoms with Gasteiger partial charge in [-0.2, -0.15) is 0 Å². The third-order valence-electron chi connectivity index (χ3n) is 1.82. The van der Waals surface area contributed by atoms with Crippen molar-refractivity contribution in [1.29, 1.82) is 0 Å². The van der Waals surface area contributed by atoms with E-state index < -0.39 is 12.3 Å². The molecule has 0 saturated heterocycles. The Labute approximate surface area is 79.8 Å². The van der Waals surface area contributed by atoms with Crippen LogP contribution in [0.15, 0.2) is 18.2 Å². The van der Waals surface area contributed by atoms with Gasteiger partial charge in [0.2, 0.25) is 5.75 Å². The first-order valence-corrected chi connectivity index (χ1v) is 3.95. The molecule has 1 unspecified atom stereocenters. The van der Waals surface area contributed by atoms with Gasteiger partial charge in [-0.15, -0.1) is 0 Å². The Bertz CT molecular complexity index is 373. The summed E-state index contributed by atoms with van der Waals surface area (Å²) in [6.07, 6.45) is -1.28. The highest BCUT2D eigenvalue weighted by atomic mass is 16.7. The topological polar surface area (TPSA) is 65.0 Å². The molecule has 1 N–H and O–H groups in total. The summed E-state index contributed by atoms with van der Waals surface area (Å²) in [6, 6.07) is 5.00. The van der Waals surface area contributed by atoms with Crippen molar-refractivity contribution in [1.82, 2.24) is 0 Å². The van der Waals surface area contributed by atoms with Gasteiger partial charge in [0.05, 0.1) is 7.11 Å². The summed E-state index contributed by atoms with van der Waals surface area (Å²) in [5, 5.41) is 8.66. The van der Waals surface area contributed by atoms with Gasteiger partial charge in [-0.3, -0.25) is 0 Å². The highest BCUT2D eigenvalue weighted by molar-refractivity contribution is 5.73. The molecule has 1 aromatic carbocycles. The van der Waals surface area contributed by atoms with E-state index in [0.29, 0.717) is 17.2 Å². The van der Waals surface area contributed by atoms with E-state index in [1.807, 2.05) is 0 Å².